The molecule has 0 unspecified atom stereocenters. The van der Waals surface area contributed by atoms with Gasteiger partial charge in [0.25, 0.3) is 5.91 Å². The Balaban J connectivity index is 1.86. The van der Waals surface area contributed by atoms with Gasteiger partial charge in [-0.1, -0.05) is 31.1 Å². The Kier molecular flexibility index (Phi) is 3.73. The highest BCUT2D eigenvalue weighted by molar-refractivity contribution is 5.90. The highest BCUT2D eigenvalue weighted by Crippen LogP contribution is 2.20. The fraction of sp³-hybridized carbons (Fsp3) is 0.500. The van der Waals surface area contributed by atoms with Crippen molar-refractivity contribution in [3.8, 4) is 6.08 Å². The van der Waals surface area contributed by atoms with E-state index in [1.54, 1.807) is 13.0 Å². The standard InChI is InChI=1S/C12H16N4O4/c1-7-5-8(15-19-7)13-9(17)6-18-11-14-10(16-20-11)12(2,3)4/h5H,6H2,1-4H3,(H,13,15,17). The van der Waals surface area contributed by atoms with Crippen LogP contribution in [0.3, 0.4) is 0 Å². The Morgan fingerprint density at radius 1 is 1.35 bits per heavy atom. The van der Waals surface area contributed by atoms with Gasteiger partial charge in [-0.3, -0.25) is 9.32 Å². The second-order valence-electron chi connectivity index (χ2n) is 5.29. The predicted molar refractivity (Wildman–Crippen MR) is 68.4 cm³/mol. The summed E-state index contributed by atoms with van der Waals surface area (Å²) in [5.74, 6) is 1.05. The Bertz CT molecular complexity index is 597. The molecular formula is C12H16N4O4. The van der Waals surface area contributed by atoms with Gasteiger partial charge in [-0.05, 0) is 6.92 Å². The lowest BCUT2D eigenvalue weighted by molar-refractivity contribution is -0.118. The van der Waals surface area contributed by atoms with Crippen LogP contribution in [0.2, 0.25) is 0 Å². The zero-order valence-electron chi connectivity index (χ0n) is 11.8. The van der Waals surface area contributed by atoms with E-state index in [2.05, 4.69) is 20.6 Å². The van der Waals surface area contributed by atoms with Gasteiger partial charge in [-0.2, -0.15) is 4.98 Å². The van der Waals surface area contributed by atoms with Gasteiger partial charge in [0.1, 0.15) is 5.76 Å². The molecule has 0 aliphatic heterocycles. The lowest BCUT2D eigenvalue weighted by atomic mass is 9.96. The van der Waals surface area contributed by atoms with Crippen LogP contribution in [0.15, 0.2) is 15.1 Å². The van der Waals surface area contributed by atoms with Gasteiger partial charge in [-0.25, -0.2) is 0 Å². The normalized spacial score (nSPS) is 11.4. The van der Waals surface area contributed by atoms with Gasteiger partial charge in [0.15, 0.2) is 18.2 Å². The van der Waals surface area contributed by atoms with Crippen molar-refractivity contribution in [2.24, 2.45) is 0 Å². The molecule has 2 aromatic heterocycles. The quantitative estimate of drug-likeness (QED) is 0.908. The molecule has 0 aromatic carbocycles. The average molecular weight is 280 g/mol. The Labute approximate surface area is 115 Å². The molecule has 0 aliphatic rings. The number of nitrogens with zero attached hydrogens (tertiary/aromatic N) is 3. The van der Waals surface area contributed by atoms with E-state index in [1.807, 2.05) is 20.8 Å². The molecule has 2 heterocycles. The molecule has 20 heavy (non-hydrogen) atoms. The monoisotopic (exact) mass is 280 g/mol. The van der Waals surface area contributed by atoms with Crippen molar-refractivity contribution in [3.05, 3.63) is 17.7 Å². The molecule has 0 saturated heterocycles. The molecule has 0 radical (unpaired) electrons. The third-order valence-corrected chi connectivity index (χ3v) is 2.30. The van der Waals surface area contributed by atoms with Crippen LogP contribution >= 0.6 is 0 Å². The van der Waals surface area contributed by atoms with Gasteiger partial charge in [0.2, 0.25) is 0 Å². The first kappa shape index (κ1) is 14.0. The van der Waals surface area contributed by atoms with Crippen molar-refractivity contribution in [1.82, 2.24) is 15.3 Å². The van der Waals surface area contributed by atoms with Gasteiger partial charge in [-0.15, -0.1) is 0 Å². The Hall–Kier alpha value is -2.38. The maximum absolute atomic E-state index is 11.6. The number of amides is 1. The molecule has 1 N–H and O–H groups in total. The minimum Gasteiger partial charge on any atom is -0.439 e. The molecule has 8 heteroatoms. The van der Waals surface area contributed by atoms with Crippen molar-refractivity contribution in [2.45, 2.75) is 33.1 Å². The van der Waals surface area contributed by atoms with Crippen LogP contribution < -0.4 is 10.1 Å². The van der Waals surface area contributed by atoms with E-state index in [1.165, 1.54) is 0 Å². The maximum atomic E-state index is 11.6. The van der Waals surface area contributed by atoms with Crippen molar-refractivity contribution < 1.29 is 18.6 Å². The number of aryl methyl sites for hydroxylation is 1. The van der Waals surface area contributed by atoms with Crippen molar-refractivity contribution >= 4 is 11.7 Å². The van der Waals surface area contributed by atoms with Crippen LogP contribution in [0.25, 0.3) is 0 Å². The molecule has 1 amide bonds. The number of aromatic nitrogens is 3. The molecule has 0 aliphatic carbocycles. The highest BCUT2D eigenvalue weighted by Gasteiger charge is 2.21. The van der Waals surface area contributed by atoms with Crippen molar-refractivity contribution in [3.63, 3.8) is 0 Å². The maximum Gasteiger partial charge on any atom is 0.417 e. The highest BCUT2D eigenvalue weighted by atomic mass is 16.6. The first-order valence-corrected chi connectivity index (χ1v) is 6.05. The van der Waals surface area contributed by atoms with Gasteiger partial charge in [0, 0.05) is 11.5 Å². The molecule has 0 saturated carbocycles. The first-order valence-electron chi connectivity index (χ1n) is 6.05. The van der Waals surface area contributed by atoms with Gasteiger partial charge in [0.05, 0.1) is 0 Å². The Morgan fingerprint density at radius 2 is 2.10 bits per heavy atom. The van der Waals surface area contributed by atoms with E-state index in [4.69, 9.17) is 13.8 Å². The zero-order chi connectivity index (χ0) is 14.8. The zero-order valence-corrected chi connectivity index (χ0v) is 11.8. The van der Waals surface area contributed by atoms with Crippen molar-refractivity contribution in [1.29, 1.82) is 0 Å². The molecule has 0 atom stereocenters. The minimum absolute atomic E-state index is 0.0404. The molecule has 8 nitrogen and oxygen atoms in total. The van der Waals surface area contributed by atoms with Crippen molar-refractivity contribution in [2.75, 3.05) is 11.9 Å². The SMILES string of the molecule is Cc1cc(NC(=O)COc2nc(C(C)(C)C)no2)no1. The number of hydrogen-bond donors (Lipinski definition) is 1. The van der Waals surface area contributed by atoms with E-state index >= 15 is 0 Å². The average Bonchev–Trinajstić information content (AvgIpc) is 2.95. The summed E-state index contributed by atoms with van der Waals surface area (Å²) in [6.07, 6.45) is -0.0404. The molecular weight excluding hydrogens is 264 g/mol. The largest absolute Gasteiger partial charge is 0.439 e. The van der Waals surface area contributed by atoms with Gasteiger partial charge >= 0.3 is 6.08 Å². The Morgan fingerprint density at radius 3 is 2.65 bits per heavy atom. The number of anilines is 1. The van der Waals surface area contributed by atoms with Crippen LogP contribution in [-0.4, -0.2) is 27.8 Å². The van der Waals surface area contributed by atoms with Gasteiger partial charge < -0.3 is 14.6 Å². The third-order valence-electron chi connectivity index (χ3n) is 2.30. The van der Waals surface area contributed by atoms with E-state index in [0.29, 0.717) is 17.4 Å². The lowest BCUT2D eigenvalue weighted by Gasteiger charge is -2.10. The van der Waals surface area contributed by atoms with E-state index in [0.717, 1.165) is 0 Å². The van der Waals surface area contributed by atoms with Crippen LogP contribution in [0.4, 0.5) is 5.82 Å². The smallest absolute Gasteiger partial charge is 0.417 e. The van der Waals surface area contributed by atoms with E-state index < -0.39 is 5.91 Å². The molecule has 2 rings (SSSR count). The van der Waals surface area contributed by atoms with E-state index in [-0.39, 0.29) is 18.1 Å². The van der Waals surface area contributed by atoms with Crippen LogP contribution in [-0.2, 0) is 10.2 Å². The molecule has 0 bridgehead atoms. The molecule has 0 spiro atoms. The molecule has 2 aromatic rings. The van der Waals surface area contributed by atoms with Crippen LogP contribution in [0.1, 0.15) is 32.4 Å². The number of hydrogen-bond acceptors (Lipinski definition) is 7. The van der Waals surface area contributed by atoms with Crippen LogP contribution in [0.5, 0.6) is 6.08 Å². The fourth-order valence-corrected chi connectivity index (χ4v) is 1.30. The first-order chi connectivity index (χ1) is 9.34. The summed E-state index contributed by atoms with van der Waals surface area (Å²) in [5.41, 5.74) is -0.244. The second-order valence-corrected chi connectivity index (χ2v) is 5.29. The summed E-state index contributed by atoms with van der Waals surface area (Å²) in [6.45, 7) is 7.31. The fourth-order valence-electron chi connectivity index (χ4n) is 1.30. The van der Waals surface area contributed by atoms with Crippen LogP contribution in [0, 0.1) is 6.92 Å². The number of ether oxygens (including phenoxy) is 1. The lowest BCUT2D eigenvalue weighted by Crippen LogP contribution is -2.20. The number of rotatable bonds is 4. The minimum atomic E-state index is -0.395. The summed E-state index contributed by atoms with van der Waals surface area (Å²) in [5, 5.41) is 9.93. The summed E-state index contributed by atoms with van der Waals surface area (Å²) >= 11 is 0. The summed E-state index contributed by atoms with van der Waals surface area (Å²) < 4.78 is 14.8. The molecule has 108 valence electrons. The van der Waals surface area contributed by atoms with E-state index in [9.17, 15) is 4.79 Å². The molecule has 0 fully saturated rings. The number of carbonyl (C=O) groups is 1. The third kappa shape index (κ3) is 3.56. The topological polar surface area (TPSA) is 103 Å². The summed E-state index contributed by atoms with van der Waals surface area (Å²) in [4.78, 5) is 15.6. The second kappa shape index (κ2) is 5.32. The number of carbonyl (C=O) groups excluding carboxylic acids is 1. The number of nitrogens with one attached hydrogen (secondary N) is 1. The summed E-state index contributed by atoms with van der Waals surface area (Å²) in [7, 11) is 0. The summed E-state index contributed by atoms with van der Waals surface area (Å²) in [6, 6.07) is 1.60. The predicted octanol–water partition coefficient (Wildman–Crippen LogP) is 1.68.